The molecule has 1 unspecified atom stereocenters. The summed E-state index contributed by atoms with van der Waals surface area (Å²) >= 11 is 3.03. The van der Waals surface area contributed by atoms with Gasteiger partial charge in [-0.1, -0.05) is 17.8 Å². The molecule has 0 bridgehead atoms. The molecule has 7 nitrogen and oxygen atoms in total. The maximum atomic E-state index is 13.0. The predicted molar refractivity (Wildman–Crippen MR) is 109 cm³/mol. The highest BCUT2D eigenvalue weighted by Gasteiger charge is 2.27. The number of hydrogen-bond acceptors (Lipinski definition) is 7. The van der Waals surface area contributed by atoms with E-state index in [-0.39, 0.29) is 11.0 Å². The van der Waals surface area contributed by atoms with Crippen LogP contribution in [0.15, 0.2) is 22.7 Å². The molecule has 0 aromatic carbocycles. The van der Waals surface area contributed by atoms with E-state index in [9.17, 15) is 9.59 Å². The smallest absolute Gasteiger partial charge is 0.339 e. The zero-order valence-electron chi connectivity index (χ0n) is 16.4. The standard InChI is InChI=1S/C19H22N4O3S2/c1-10-15(18(25)26-5)11(2)20-16(10)17(24)12(3)28-19-22-21-14(23(19)4)9-13-7-6-8-27-13/h6-8,12,20H,9H2,1-5H3. The Labute approximate surface area is 171 Å². The summed E-state index contributed by atoms with van der Waals surface area (Å²) < 4.78 is 6.73. The van der Waals surface area contributed by atoms with Crippen LogP contribution < -0.4 is 0 Å². The molecule has 3 aromatic rings. The van der Waals surface area contributed by atoms with Crippen LogP contribution >= 0.6 is 23.1 Å². The lowest BCUT2D eigenvalue weighted by atomic mass is 10.1. The molecule has 0 spiro atoms. The Morgan fingerprint density at radius 2 is 2.11 bits per heavy atom. The first-order valence-corrected chi connectivity index (χ1v) is 10.5. The number of methoxy groups -OCH3 is 1. The Kier molecular flexibility index (Phi) is 6.04. The lowest BCUT2D eigenvalue weighted by Gasteiger charge is -2.10. The third-order valence-corrected chi connectivity index (χ3v) is 6.57. The maximum absolute atomic E-state index is 13.0. The number of aromatic nitrogens is 4. The Hall–Kier alpha value is -2.39. The minimum absolute atomic E-state index is 0.0939. The number of rotatable bonds is 7. The van der Waals surface area contributed by atoms with E-state index in [4.69, 9.17) is 4.74 Å². The van der Waals surface area contributed by atoms with Crippen LogP contribution in [0.2, 0.25) is 0 Å². The van der Waals surface area contributed by atoms with Crippen LogP contribution in [0.3, 0.4) is 0 Å². The van der Waals surface area contributed by atoms with Crippen LogP contribution in [0.25, 0.3) is 0 Å². The second-order valence-electron chi connectivity index (χ2n) is 6.45. The number of nitrogens with one attached hydrogen (secondary N) is 1. The summed E-state index contributed by atoms with van der Waals surface area (Å²) in [5.74, 6) is 0.310. The molecule has 0 aliphatic carbocycles. The van der Waals surface area contributed by atoms with Crippen molar-refractivity contribution in [2.75, 3.05) is 7.11 Å². The number of ketones is 1. The van der Waals surface area contributed by atoms with Gasteiger partial charge in [-0.25, -0.2) is 4.79 Å². The third-order valence-electron chi connectivity index (χ3n) is 4.56. The fraction of sp³-hybridized carbons (Fsp3) is 0.368. The van der Waals surface area contributed by atoms with Crippen LogP contribution in [0.1, 0.15) is 49.7 Å². The largest absolute Gasteiger partial charge is 0.465 e. The quantitative estimate of drug-likeness (QED) is 0.358. The van der Waals surface area contributed by atoms with E-state index < -0.39 is 5.97 Å². The number of aromatic amines is 1. The molecule has 0 amide bonds. The van der Waals surface area contributed by atoms with E-state index in [1.807, 2.05) is 30.0 Å². The predicted octanol–water partition coefficient (Wildman–Crippen LogP) is 3.56. The van der Waals surface area contributed by atoms with Gasteiger partial charge in [-0.3, -0.25) is 4.79 Å². The molecular formula is C19H22N4O3S2. The molecule has 28 heavy (non-hydrogen) atoms. The highest BCUT2D eigenvalue weighted by Crippen LogP contribution is 2.27. The molecule has 3 aromatic heterocycles. The van der Waals surface area contributed by atoms with Crippen molar-refractivity contribution in [2.24, 2.45) is 7.05 Å². The van der Waals surface area contributed by atoms with Crippen molar-refractivity contribution >= 4 is 34.9 Å². The van der Waals surface area contributed by atoms with Gasteiger partial charge in [-0.05, 0) is 37.8 Å². The number of esters is 1. The lowest BCUT2D eigenvalue weighted by molar-refractivity contribution is 0.0599. The number of ether oxygens (including phenoxy) is 1. The first kappa shape index (κ1) is 20.3. The summed E-state index contributed by atoms with van der Waals surface area (Å²) in [5, 5.41) is 10.8. The van der Waals surface area contributed by atoms with Gasteiger partial charge in [0.2, 0.25) is 0 Å². The van der Waals surface area contributed by atoms with E-state index in [0.717, 1.165) is 5.82 Å². The molecular weight excluding hydrogens is 396 g/mol. The number of H-pyrrole nitrogens is 1. The molecule has 0 fully saturated rings. The van der Waals surface area contributed by atoms with Crippen molar-refractivity contribution in [3.63, 3.8) is 0 Å². The van der Waals surface area contributed by atoms with E-state index in [1.54, 1.807) is 25.2 Å². The number of thioether (sulfide) groups is 1. The van der Waals surface area contributed by atoms with Gasteiger partial charge in [-0.15, -0.1) is 21.5 Å². The average molecular weight is 419 g/mol. The normalized spacial score (nSPS) is 12.2. The number of nitrogens with zero attached hydrogens (tertiary/aromatic N) is 3. The summed E-state index contributed by atoms with van der Waals surface area (Å²) in [7, 11) is 3.23. The molecule has 0 aliphatic heterocycles. The summed E-state index contributed by atoms with van der Waals surface area (Å²) in [6.45, 7) is 5.34. The minimum atomic E-state index is -0.447. The summed E-state index contributed by atoms with van der Waals surface area (Å²) in [6, 6.07) is 4.07. The molecule has 1 atom stereocenters. The van der Waals surface area contributed by atoms with E-state index >= 15 is 0 Å². The monoisotopic (exact) mass is 418 g/mol. The van der Waals surface area contributed by atoms with Crippen molar-refractivity contribution in [2.45, 2.75) is 37.6 Å². The van der Waals surface area contributed by atoms with Crippen LogP contribution in [0.4, 0.5) is 0 Å². The van der Waals surface area contributed by atoms with Gasteiger partial charge < -0.3 is 14.3 Å². The molecule has 1 N–H and O–H groups in total. The van der Waals surface area contributed by atoms with Gasteiger partial charge >= 0.3 is 5.97 Å². The molecule has 0 aliphatic rings. The first-order valence-electron chi connectivity index (χ1n) is 8.72. The van der Waals surface area contributed by atoms with Crippen molar-refractivity contribution in [1.29, 1.82) is 0 Å². The summed E-state index contributed by atoms with van der Waals surface area (Å²) in [4.78, 5) is 29.2. The molecule has 0 saturated carbocycles. The molecule has 3 heterocycles. The van der Waals surface area contributed by atoms with Crippen molar-refractivity contribution in [3.05, 3.63) is 50.7 Å². The highest BCUT2D eigenvalue weighted by molar-refractivity contribution is 8.00. The minimum Gasteiger partial charge on any atom is -0.465 e. The van der Waals surface area contributed by atoms with E-state index in [2.05, 4.69) is 21.2 Å². The molecule has 9 heteroatoms. The van der Waals surface area contributed by atoms with Gasteiger partial charge in [0.1, 0.15) is 5.82 Å². The zero-order chi connectivity index (χ0) is 20.4. The molecule has 3 rings (SSSR count). The highest BCUT2D eigenvalue weighted by atomic mass is 32.2. The average Bonchev–Trinajstić information content (AvgIpc) is 3.37. The van der Waals surface area contributed by atoms with Crippen LogP contribution in [-0.2, 0) is 18.2 Å². The van der Waals surface area contributed by atoms with Gasteiger partial charge in [0, 0.05) is 24.0 Å². The van der Waals surface area contributed by atoms with Gasteiger partial charge in [0.15, 0.2) is 10.9 Å². The van der Waals surface area contributed by atoms with Crippen LogP contribution in [0.5, 0.6) is 0 Å². The number of hydrogen-bond donors (Lipinski definition) is 1. The first-order chi connectivity index (χ1) is 13.3. The van der Waals surface area contributed by atoms with E-state index in [0.29, 0.717) is 34.1 Å². The number of carbonyl (C=O) groups excluding carboxylic acids is 2. The fourth-order valence-corrected chi connectivity index (χ4v) is 4.58. The van der Waals surface area contributed by atoms with Crippen LogP contribution in [-0.4, -0.2) is 43.9 Å². The Morgan fingerprint density at radius 3 is 2.75 bits per heavy atom. The second kappa shape index (κ2) is 8.32. The third kappa shape index (κ3) is 3.90. The summed E-state index contributed by atoms with van der Waals surface area (Å²) in [5.41, 5.74) is 2.08. The summed E-state index contributed by atoms with van der Waals surface area (Å²) in [6.07, 6.45) is 0.710. The van der Waals surface area contributed by atoms with Gasteiger partial charge in [0.05, 0.1) is 23.6 Å². The topological polar surface area (TPSA) is 89.9 Å². The van der Waals surface area contributed by atoms with Crippen LogP contribution in [0, 0.1) is 13.8 Å². The zero-order valence-corrected chi connectivity index (χ0v) is 18.0. The lowest BCUT2D eigenvalue weighted by Crippen LogP contribution is -2.16. The molecule has 148 valence electrons. The number of Topliss-reactive ketones (excluding diaryl/α,β-unsaturated/α-hetero) is 1. The number of aryl methyl sites for hydroxylation is 1. The van der Waals surface area contributed by atoms with Crippen molar-refractivity contribution in [3.8, 4) is 0 Å². The Balaban J connectivity index is 1.77. The second-order valence-corrected chi connectivity index (χ2v) is 8.80. The number of thiophene rings is 1. The molecule has 0 radical (unpaired) electrons. The number of carbonyl (C=O) groups is 2. The van der Waals surface area contributed by atoms with E-state index in [1.165, 1.54) is 23.7 Å². The van der Waals surface area contributed by atoms with Crippen molar-refractivity contribution in [1.82, 2.24) is 19.7 Å². The maximum Gasteiger partial charge on any atom is 0.339 e. The fourth-order valence-electron chi connectivity index (χ4n) is 2.99. The molecule has 0 saturated heterocycles. The Morgan fingerprint density at radius 1 is 1.36 bits per heavy atom. The van der Waals surface area contributed by atoms with Crippen molar-refractivity contribution < 1.29 is 14.3 Å². The SMILES string of the molecule is COC(=O)c1c(C)[nH]c(C(=O)C(C)Sc2nnc(Cc3cccs3)n2C)c1C. The van der Waals surface area contributed by atoms with Gasteiger partial charge in [0.25, 0.3) is 0 Å². The van der Waals surface area contributed by atoms with Gasteiger partial charge in [-0.2, -0.15) is 0 Å². The Bertz CT molecular complexity index is 1000.